The van der Waals surface area contributed by atoms with Gasteiger partial charge >= 0.3 is 0 Å². The molecule has 0 saturated carbocycles. The zero-order chi connectivity index (χ0) is 24.5. The SMILES string of the molecule is c1ccc2c(c1)sc1c(-c3ccc4c5c3c3ccccc3c3ccc6c7ccccc7n4c6c35)cccc12. The summed E-state index contributed by atoms with van der Waals surface area (Å²) in [5.74, 6) is 0. The van der Waals surface area contributed by atoms with E-state index in [1.807, 2.05) is 11.3 Å². The van der Waals surface area contributed by atoms with E-state index < -0.39 is 0 Å². The highest BCUT2D eigenvalue weighted by molar-refractivity contribution is 7.26. The van der Waals surface area contributed by atoms with Crippen LogP contribution in [-0.2, 0) is 0 Å². The van der Waals surface area contributed by atoms with Crippen LogP contribution in [0.3, 0.4) is 0 Å². The summed E-state index contributed by atoms with van der Waals surface area (Å²) in [4.78, 5) is 0. The standard InChI is InChI=1S/C36H19NS/c1-2-11-23-20(8-1)24-16-17-26-21-9-3-5-14-29(21)37-30-19-18-25(32(23)34(30)33(24)35(26)37)28-13-7-12-27-22-10-4-6-15-31(22)38-36(27)28/h1-19H. The summed E-state index contributed by atoms with van der Waals surface area (Å²) in [5.41, 5.74) is 6.59. The van der Waals surface area contributed by atoms with E-state index in [9.17, 15) is 0 Å². The second kappa shape index (κ2) is 6.61. The van der Waals surface area contributed by atoms with Crippen molar-refractivity contribution in [3.8, 4) is 11.1 Å². The lowest BCUT2D eigenvalue weighted by molar-refractivity contribution is 1.37. The molecule has 0 atom stereocenters. The number of thiophene rings is 1. The first-order valence-electron chi connectivity index (χ1n) is 13.1. The molecule has 0 N–H and O–H groups in total. The topological polar surface area (TPSA) is 4.41 Å². The molecule has 0 bridgehead atoms. The van der Waals surface area contributed by atoms with E-state index >= 15 is 0 Å². The summed E-state index contributed by atoms with van der Waals surface area (Å²) in [5, 5.41) is 13.5. The molecule has 0 aliphatic heterocycles. The van der Waals surface area contributed by atoms with Gasteiger partial charge in [0.2, 0.25) is 0 Å². The van der Waals surface area contributed by atoms with Crippen LogP contribution in [-0.4, -0.2) is 4.40 Å². The van der Waals surface area contributed by atoms with Crippen LogP contribution in [0.15, 0.2) is 115 Å². The van der Waals surface area contributed by atoms with Gasteiger partial charge in [0, 0.05) is 52.7 Å². The Morgan fingerprint density at radius 3 is 2.03 bits per heavy atom. The molecule has 0 radical (unpaired) electrons. The van der Waals surface area contributed by atoms with Crippen LogP contribution in [0, 0.1) is 0 Å². The Bertz CT molecular complexity index is 2560. The fraction of sp³-hybridized carbons (Fsp3) is 0. The normalized spacial score (nSPS) is 12.7. The van der Waals surface area contributed by atoms with E-state index in [0.29, 0.717) is 0 Å². The number of para-hydroxylation sites is 1. The number of fused-ring (bicyclic) bond motifs is 10. The molecule has 0 aliphatic carbocycles. The molecular weight excluding hydrogens is 478 g/mol. The van der Waals surface area contributed by atoms with Crippen LogP contribution in [0.1, 0.15) is 0 Å². The van der Waals surface area contributed by atoms with Gasteiger partial charge in [0.15, 0.2) is 0 Å². The number of benzene rings is 7. The van der Waals surface area contributed by atoms with Crippen LogP contribution in [0.25, 0.3) is 90.9 Å². The minimum Gasteiger partial charge on any atom is -0.308 e. The van der Waals surface area contributed by atoms with Crippen molar-refractivity contribution in [2.75, 3.05) is 0 Å². The van der Waals surface area contributed by atoms with Gasteiger partial charge in [-0.25, -0.2) is 0 Å². The molecule has 0 unspecified atom stereocenters. The summed E-state index contributed by atoms with van der Waals surface area (Å²) in [6.45, 7) is 0. The average Bonchev–Trinajstić information content (AvgIpc) is 3.64. The van der Waals surface area contributed by atoms with Gasteiger partial charge in [0.05, 0.1) is 16.6 Å². The average molecular weight is 498 g/mol. The highest BCUT2D eigenvalue weighted by atomic mass is 32.1. The number of hydrogen-bond acceptors (Lipinski definition) is 1. The highest BCUT2D eigenvalue weighted by Crippen LogP contribution is 2.50. The molecule has 0 aliphatic rings. The molecular formula is C36H19NS. The van der Waals surface area contributed by atoms with Gasteiger partial charge < -0.3 is 4.40 Å². The first kappa shape index (κ1) is 19.5. The maximum atomic E-state index is 2.51. The Morgan fingerprint density at radius 2 is 1.11 bits per heavy atom. The zero-order valence-corrected chi connectivity index (χ0v) is 21.1. The van der Waals surface area contributed by atoms with E-state index in [1.165, 1.54) is 90.9 Å². The summed E-state index contributed by atoms with van der Waals surface area (Å²) in [7, 11) is 0. The molecule has 3 aromatic heterocycles. The van der Waals surface area contributed by atoms with E-state index in [4.69, 9.17) is 0 Å². The van der Waals surface area contributed by atoms with E-state index in [-0.39, 0.29) is 0 Å². The fourth-order valence-electron chi connectivity index (χ4n) is 7.22. The summed E-state index contributed by atoms with van der Waals surface area (Å²) < 4.78 is 5.23. The Hall–Kier alpha value is -4.66. The Kier molecular flexibility index (Phi) is 3.38. The fourth-order valence-corrected chi connectivity index (χ4v) is 8.45. The van der Waals surface area contributed by atoms with Gasteiger partial charge in [0.25, 0.3) is 0 Å². The smallest absolute Gasteiger partial charge is 0.0626 e. The second-order valence-corrected chi connectivity index (χ2v) is 11.5. The molecule has 10 aromatic rings. The predicted molar refractivity (Wildman–Crippen MR) is 166 cm³/mol. The van der Waals surface area contributed by atoms with Crippen molar-refractivity contribution in [2.45, 2.75) is 0 Å². The predicted octanol–water partition coefficient (Wildman–Crippen LogP) is 10.6. The second-order valence-electron chi connectivity index (χ2n) is 10.4. The Balaban J connectivity index is 1.49. The summed E-state index contributed by atoms with van der Waals surface area (Å²) in [6.07, 6.45) is 0. The molecule has 174 valence electrons. The Morgan fingerprint density at radius 1 is 0.395 bits per heavy atom. The molecule has 0 saturated heterocycles. The molecule has 38 heavy (non-hydrogen) atoms. The molecule has 3 heterocycles. The maximum Gasteiger partial charge on any atom is 0.0626 e. The zero-order valence-electron chi connectivity index (χ0n) is 20.3. The van der Waals surface area contributed by atoms with Crippen molar-refractivity contribution >= 4 is 91.1 Å². The van der Waals surface area contributed by atoms with Crippen molar-refractivity contribution in [3.05, 3.63) is 115 Å². The van der Waals surface area contributed by atoms with E-state index in [2.05, 4.69) is 120 Å². The van der Waals surface area contributed by atoms with Crippen molar-refractivity contribution in [2.24, 2.45) is 0 Å². The first-order valence-corrected chi connectivity index (χ1v) is 13.9. The molecule has 7 aromatic carbocycles. The van der Waals surface area contributed by atoms with Crippen molar-refractivity contribution in [1.29, 1.82) is 0 Å². The minimum absolute atomic E-state index is 1.29. The van der Waals surface area contributed by atoms with Gasteiger partial charge in [0.1, 0.15) is 0 Å². The van der Waals surface area contributed by atoms with Crippen LogP contribution >= 0.6 is 11.3 Å². The molecule has 2 heteroatoms. The quantitative estimate of drug-likeness (QED) is 0.199. The van der Waals surface area contributed by atoms with Gasteiger partial charge in [-0.1, -0.05) is 97.1 Å². The Labute approximate surface area is 221 Å². The van der Waals surface area contributed by atoms with Crippen molar-refractivity contribution in [3.63, 3.8) is 0 Å². The minimum atomic E-state index is 1.29. The third-order valence-corrected chi connectivity index (χ3v) is 9.91. The number of rotatable bonds is 1. The largest absolute Gasteiger partial charge is 0.308 e. The monoisotopic (exact) mass is 497 g/mol. The van der Waals surface area contributed by atoms with Crippen molar-refractivity contribution < 1.29 is 0 Å². The molecule has 10 rings (SSSR count). The number of nitrogens with zero attached hydrogens (tertiary/aromatic N) is 1. The van der Waals surface area contributed by atoms with Crippen molar-refractivity contribution in [1.82, 2.24) is 4.40 Å². The van der Waals surface area contributed by atoms with Crippen LogP contribution in [0.5, 0.6) is 0 Å². The first-order chi connectivity index (χ1) is 18.9. The van der Waals surface area contributed by atoms with Gasteiger partial charge in [-0.3, -0.25) is 0 Å². The number of hydrogen-bond donors (Lipinski definition) is 0. The molecule has 1 nitrogen and oxygen atoms in total. The summed E-state index contributed by atoms with van der Waals surface area (Å²) in [6, 6.07) is 42.9. The lowest BCUT2D eigenvalue weighted by atomic mass is 9.88. The lowest BCUT2D eigenvalue weighted by Crippen LogP contribution is -1.87. The van der Waals surface area contributed by atoms with Crippen LogP contribution in [0.4, 0.5) is 0 Å². The highest BCUT2D eigenvalue weighted by Gasteiger charge is 2.24. The lowest BCUT2D eigenvalue weighted by Gasteiger charge is -2.14. The van der Waals surface area contributed by atoms with Crippen LogP contribution < -0.4 is 0 Å². The molecule has 0 fully saturated rings. The van der Waals surface area contributed by atoms with E-state index in [1.54, 1.807) is 0 Å². The van der Waals surface area contributed by atoms with Gasteiger partial charge in [-0.05, 0) is 39.9 Å². The third-order valence-electron chi connectivity index (χ3n) is 8.69. The van der Waals surface area contributed by atoms with Gasteiger partial charge in [-0.15, -0.1) is 11.3 Å². The third kappa shape index (κ3) is 2.13. The molecule has 0 amide bonds. The van der Waals surface area contributed by atoms with E-state index in [0.717, 1.165) is 0 Å². The van der Waals surface area contributed by atoms with Gasteiger partial charge in [-0.2, -0.15) is 0 Å². The van der Waals surface area contributed by atoms with Crippen LogP contribution in [0.2, 0.25) is 0 Å². The molecule has 0 spiro atoms. The number of aromatic nitrogens is 1. The maximum absolute atomic E-state index is 2.51. The summed E-state index contributed by atoms with van der Waals surface area (Å²) >= 11 is 1.91.